The minimum atomic E-state index is -0.470. The van der Waals surface area contributed by atoms with Crippen LogP contribution in [0.4, 0.5) is 5.69 Å². The number of hydrazone groups is 1. The van der Waals surface area contributed by atoms with Crippen molar-refractivity contribution in [2.24, 2.45) is 5.10 Å². The Morgan fingerprint density at radius 2 is 2.25 bits per heavy atom. The fourth-order valence-electron chi connectivity index (χ4n) is 2.05. The lowest BCUT2D eigenvalue weighted by Crippen LogP contribution is -2.19. The van der Waals surface area contributed by atoms with Crippen molar-refractivity contribution >= 4 is 56.8 Å². The number of furan rings is 1. The molecule has 1 aromatic carbocycles. The molecule has 0 unspecified atom stereocenters. The number of aryl methyl sites for hydroxylation is 1. The first kappa shape index (κ1) is 20.2. The van der Waals surface area contributed by atoms with Gasteiger partial charge in [-0.15, -0.1) is 10.2 Å². The number of benzene rings is 1. The van der Waals surface area contributed by atoms with Crippen LogP contribution < -0.4 is 5.43 Å². The van der Waals surface area contributed by atoms with Crippen molar-refractivity contribution in [3.63, 3.8) is 0 Å². The molecule has 0 fully saturated rings. The van der Waals surface area contributed by atoms with E-state index >= 15 is 0 Å². The van der Waals surface area contributed by atoms with Crippen molar-refractivity contribution in [1.82, 2.24) is 15.6 Å². The molecule has 0 aliphatic heterocycles. The van der Waals surface area contributed by atoms with E-state index in [1.165, 1.54) is 41.4 Å². The van der Waals surface area contributed by atoms with Crippen LogP contribution in [0.1, 0.15) is 10.8 Å². The Hall–Kier alpha value is -2.57. The summed E-state index contributed by atoms with van der Waals surface area (Å²) in [6.45, 7) is 1.85. The lowest BCUT2D eigenvalue weighted by atomic mass is 10.1. The van der Waals surface area contributed by atoms with Crippen molar-refractivity contribution in [3.05, 3.63) is 55.7 Å². The average Bonchev–Trinajstić information content (AvgIpc) is 3.29. The molecule has 0 saturated heterocycles. The van der Waals surface area contributed by atoms with Crippen molar-refractivity contribution in [2.45, 2.75) is 11.3 Å². The Morgan fingerprint density at radius 1 is 1.43 bits per heavy atom. The maximum absolute atomic E-state index is 11.8. The second-order valence-electron chi connectivity index (χ2n) is 5.29. The molecule has 144 valence electrons. The van der Waals surface area contributed by atoms with Gasteiger partial charge in [0.15, 0.2) is 4.34 Å². The topological polar surface area (TPSA) is 124 Å². The van der Waals surface area contributed by atoms with E-state index in [0.717, 1.165) is 9.35 Å². The highest BCUT2D eigenvalue weighted by atomic mass is 79.9. The van der Waals surface area contributed by atoms with Crippen LogP contribution in [0.3, 0.4) is 0 Å². The molecule has 0 spiro atoms. The van der Waals surface area contributed by atoms with Gasteiger partial charge in [0.25, 0.3) is 11.6 Å². The summed E-state index contributed by atoms with van der Waals surface area (Å²) in [5, 5.41) is 23.3. The maximum atomic E-state index is 11.8. The van der Waals surface area contributed by atoms with Gasteiger partial charge in [0.1, 0.15) is 16.5 Å². The van der Waals surface area contributed by atoms with Gasteiger partial charge in [-0.05, 0) is 41.1 Å². The summed E-state index contributed by atoms with van der Waals surface area (Å²) >= 11 is 6.01. The van der Waals surface area contributed by atoms with Crippen molar-refractivity contribution < 1.29 is 14.1 Å². The molecule has 2 aromatic heterocycles. The first-order chi connectivity index (χ1) is 13.4. The third-order valence-electron chi connectivity index (χ3n) is 3.27. The van der Waals surface area contributed by atoms with E-state index in [2.05, 4.69) is 36.7 Å². The Labute approximate surface area is 175 Å². The van der Waals surface area contributed by atoms with Gasteiger partial charge < -0.3 is 4.42 Å². The first-order valence-electron chi connectivity index (χ1n) is 7.71. The summed E-state index contributed by atoms with van der Waals surface area (Å²) in [7, 11) is 0. The van der Waals surface area contributed by atoms with Gasteiger partial charge in [-0.3, -0.25) is 14.9 Å². The van der Waals surface area contributed by atoms with E-state index in [1.807, 2.05) is 6.92 Å². The molecule has 0 atom stereocenters. The summed E-state index contributed by atoms with van der Waals surface area (Å²) in [5.41, 5.74) is 3.06. The fraction of sp³-hybridized carbons (Fsp3) is 0.125. The van der Waals surface area contributed by atoms with Gasteiger partial charge in [0, 0.05) is 22.2 Å². The third-order valence-corrected chi connectivity index (χ3v) is 5.90. The number of nitrogens with one attached hydrogen (secondary N) is 1. The van der Waals surface area contributed by atoms with Crippen LogP contribution in [-0.2, 0) is 4.79 Å². The Balaban J connectivity index is 1.56. The van der Waals surface area contributed by atoms with Gasteiger partial charge in [0.2, 0.25) is 0 Å². The van der Waals surface area contributed by atoms with Gasteiger partial charge in [-0.2, -0.15) is 5.10 Å². The molecule has 0 saturated carbocycles. The zero-order valence-electron chi connectivity index (χ0n) is 14.3. The summed E-state index contributed by atoms with van der Waals surface area (Å²) in [5.74, 6) is 0.828. The molecular formula is C16H12BrN5O4S2. The van der Waals surface area contributed by atoms with Crippen LogP contribution in [-0.4, -0.2) is 33.0 Å². The number of halogens is 1. The SMILES string of the molecule is Cc1nnc(SCC(=O)NN=Cc2ccc(-c3ccc([N+](=O)[O-])cc3Br)o2)s1. The quantitative estimate of drug-likeness (QED) is 0.234. The second-order valence-corrected chi connectivity index (χ2v) is 8.55. The van der Waals surface area contributed by atoms with Crippen LogP contribution in [0.5, 0.6) is 0 Å². The monoisotopic (exact) mass is 481 g/mol. The van der Waals surface area contributed by atoms with Gasteiger partial charge in [-0.25, -0.2) is 5.43 Å². The van der Waals surface area contributed by atoms with Gasteiger partial charge >= 0.3 is 0 Å². The second kappa shape index (κ2) is 9.08. The van der Waals surface area contributed by atoms with Crippen molar-refractivity contribution in [3.8, 4) is 11.3 Å². The summed E-state index contributed by atoms with van der Waals surface area (Å²) in [6, 6.07) is 7.78. The fourth-order valence-corrected chi connectivity index (χ4v) is 4.22. The predicted octanol–water partition coefficient (Wildman–Crippen LogP) is 4.02. The molecule has 0 aliphatic carbocycles. The van der Waals surface area contributed by atoms with Gasteiger partial charge in [0.05, 0.1) is 16.9 Å². The third kappa shape index (κ3) is 5.24. The molecule has 0 radical (unpaired) electrons. The van der Waals surface area contributed by atoms with Crippen molar-refractivity contribution in [2.75, 3.05) is 5.75 Å². The molecule has 9 nitrogen and oxygen atoms in total. The number of rotatable bonds is 7. The van der Waals surface area contributed by atoms with E-state index in [0.29, 0.717) is 21.6 Å². The number of hydrogen-bond acceptors (Lipinski definition) is 9. The molecule has 3 rings (SSSR count). The summed E-state index contributed by atoms with van der Waals surface area (Å²) < 4.78 is 6.90. The van der Waals surface area contributed by atoms with E-state index < -0.39 is 4.92 Å². The molecule has 12 heteroatoms. The number of carbonyl (C=O) groups excluding carboxylic acids is 1. The Morgan fingerprint density at radius 3 is 2.93 bits per heavy atom. The molecule has 0 aliphatic rings. The molecule has 2 heterocycles. The molecule has 1 N–H and O–H groups in total. The Kier molecular flexibility index (Phi) is 6.54. The molecule has 28 heavy (non-hydrogen) atoms. The number of amides is 1. The average molecular weight is 482 g/mol. The smallest absolute Gasteiger partial charge is 0.270 e. The van der Waals surface area contributed by atoms with E-state index in [9.17, 15) is 14.9 Å². The number of nitro benzene ring substituents is 1. The predicted molar refractivity (Wildman–Crippen MR) is 110 cm³/mol. The minimum Gasteiger partial charge on any atom is -0.455 e. The van der Waals surface area contributed by atoms with Crippen LogP contribution >= 0.6 is 39.0 Å². The number of aromatic nitrogens is 2. The summed E-state index contributed by atoms with van der Waals surface area (Å²) in [6.07, 6.45) is 1.38. The standard InChI is InChI=1S/C16H12BrN5O4S2/c1-9-19-21-16(28-9)27-8-15(23)20-18-7-11-3-5-14(26-11)12-4-2-10(22(24)25)6-13(12)17/h2-7H,8H2,1H3,(H,20,23). The number of carbonyl (C=O) groups is 1. The minimum absolute atomic E-state index is 0.0201. The van der Waals surface area contributed by atoms with Crippen molar-refractivity contribution in [1.29, 1.82) is 0 Å². The largest absolute Gasteiger partial charge is 0.455 e. The lowest BCUT2D eigenvalue weighted by Gasteiger charge is -2.00. The number of non-ortho nitro benzene ring substituents is 1. The van der Waals surface area contributed by atoms with Crippen LogP contribution in [0, 0.1) is 17.0 Å². The molecule has 3 aromatic rings. The highest BCUT2D eigenvalue weighted by molar-refractivity contribution is 9.10. The molecule has 1 amide bonds. The molecule has 0 bridgehead atoms. The zero-order valence-corrected chi connectivity index (χ0v) is 17.5. The number of hydrogen-bond donors (Lipinski definition) is 1. The lowest BCUT2D eigenvalue weighted by molar-refractivity contribution is -0.384. The summed E-state index contributed by atoms with van der Waals surface area (Å²) in [4.78, 5) is 22.1. The number of nitrogens with zero attached hydrogens (tertiary/aromatic N) is 4. The van der Waals surface area contributed by atoms with Crippen LogP contribution in [0.25, 0.3) is 11.3 Å². The number of thioether (sulfide) groups is 1. The first-order valence-corrected chi connectivity index (χ1v) is 10.3. The van der Waals surface area contributed by atoms with Crippen LogP contribution in [0.15, 0.2) is 48.7 Å². The maximum Gasteiger partial charge on any atom is 0.270 e. The number of nitro groups is 1. The van der Waals surface area contributed by atoms with Crippen LogP contribution in [0.2, 0.25) is 0 Å². The zero-order chi connectivity index (χ0) is 20.1. The van der Waals surface area contributed by atoms with E-state index in [4.69, 9.17) is 4.42 Å². The Bertz CT molecular complexity index is 1050. The van der Waals surface area contributed by atoms with Gasteiger partial charge in [-0.1, -0.05) is 23.1 Å². The van der Waals surface area contributed by atoms with E-state index in [1.54, 1.807) is 18.2 Å². The normalized spacial score (nSPS) is 11.1. The highest BCUT2D eigenvalue weighted by Gasteiger charge is 2.13. The van der Waals surface area contributed by atoms with E-state index in [-0.39, 0.29) is 17.3 Å². The molecular weight excluding hydrogens is 470 g/mol. The highest BCUT2D eigenvalue weighted by Crippen LogP contribution is 2.32.